The second kappa shape index (κ2) is 12.5. The fraction of sp³-hybridized carbons (Fsp3) is 0.667. The summed E-state index contributed by atoms with van der Waals surface area (Å²) in [5, 5.41) is 6.96. The molecule has 2 N–H and O–H groups in total. The molecule has 0 radical (unpaired) electrons. The molecule has 0 atom stereocenters. The Balaban J connectivity index is 0.00000341. The van der Waals surface area contributed by atoms with Crippen LogP contribution in [0.25, 0.3) is 0 Å². The maximum atomic E-state index is 12.1. The number of carbonyl (C=O) groups excluding carboxylic acids is 1. The first kappa shape index (κ1) is 25.7. The monoisotopic (exact) mass is 541 g/mol. The van der Waals surface area contributed by atoms with Crippen LogP contribution in [0.5, 0.6) is 0 Å². The minimum Gasteiger partial charge on any atom is -0.372 e. The number of nitrogens with one attached hydrogen (secondary N) is 2. The molecule has 6 nitrogen and oxygen atoms in total. The first-order valence-electron chi connectivity index (χ1n) is 11.6. The van der Waals surface area contributed by atoms with Crippen molar-refractivity contribution in [1.82, 2.24) is 15.5 Å². The number of hydrogen-bond acceptors (Lipinski definition) is 3. The molecule has 31 heavy (non-hydrogen) atoms. The molecule has 2 saturated heterocycles. The van der Waals surface area contributed by atoms with E-state index in [0.717, 1.165) is 57.4 Å². The molecular weight excluding hydrogens is 501 g/mol. The first-order valence-corrected chi connectivity index (χ1v) is 11.6. The van der Waals surface area contributed by atoms with Crippen molar-refractivity contribution in [2.24, 2.45) is 16.8 Å². The lowest BCUT2D eigenvalue weighted by atomic mass is 9.99. The Labute approximate surface area is 205 Å². The third kappa shape index (κ3) is 7.54. The zero-order valence-corrected chi connectivity index (χ0v) is 21.9. The van der Waals surface area contributed by atoms with Gasteiger partial charge in [0.25, 0.3) is 0 Å². The van der Waals surface area contributed by atoms with Gasteiger partial charge in [0.2, 0.25) is 5.91 Å². The lowest BCUT2D eigenvalue weighted by Crippen LogP contribution is -2.50. The minimum absolute atomic E-state index is 0. The summed E-state index contributed by atoms with van der Waals surface area (Å²) in [4.78, 5) is 21.0. The average molecular weight is 542 g/mol. The predicted molar refractivity (Wildman–Crippen MR) is 140 cm³/mol. The van der Waals surface area contributed by atoms with Gasteiger partial charge in [-0.05, 0) is 49.3 Å². The van der Waals surface area contributed by atoms with E-state index in [4.69, 9.17) is 0 Å². The summed E-state index contributed by atoms with van der Waals surface area (Å²) in [6.07, 6.45) is 4.50. The van der Waals surface area contributed by atoms with Crippen LogP contribution in [-0.4, -0.2) is 56.0 Å². The molecule has 7 heteroatoms. The van der Waals surface area contributed by atoms with Gasteiger partial charge < -0.3 is 20.4 Å². The highest BCUT2D eigenvalue weighted by Crippen LogP contribution is 2.23. The van der Waals surface area contributed by atoms with E-state index in [9.17, 15) is 4.79 Å². The van der Waals surface area contributed by atoms with E-state index >= 15 is 0 Å². The van der Waals surface area contributed by atoms with Crippen molar-refractivity contribution in [1.29, 1.82) is 0 Å². The Morgan fingerprint density at radius 2 is 1.68 bits per heavy atom. The SMILES string of the molecule is CN=C(NCc1ccc(N2CCC(C)CC2)cc1)NC1CCN(C(=O)C(C)C)CC1.I. The van der Waals surface area contributed by atoms with E-state index in [1.807, 2.05) is 25.8 Å². The fourth-order valence-electron chi connectivity index (χ4n) is 4.27. The average Bonchev–Trinajstić information content (AvgIpc) is 2.77. The molecule has 0 spiro atoms. The third-order valence-corrected chi connectivity index (χ3v) is 6.41. The Hall–Kier alpha value is -1.51. The molecule has 174 valence electrons. The van der Waals surface area contributed by atoms with E-state index in [1.165, 1.54) is 24.1 Å². The van der Waals surface area contributed by atoms with Crippen molar-refractivity contribution in [3.8, 4) is 0 Å². The molecule has 0 saturated carbocycles. The predicted octanol–water partition coefficient (Wildman–Crippen LogP) is 3.85. The van der Waals surface area contributed by atoms with Crippen LogP contribution in [0.15, 0.2) is 29.3 Å². The Kier molecular flexibility index (Phi) is 10.4. The highest BCUT2D eigenvalue weighted by Gasteiger charge is 2.24. The van der Waals surface area contributed by atoms with Gasteiger partial charge >= 0.3 is 0 Å². The molecule has 0 bridgehead atoms. The molecule has 0 aliphatic carbocycles. The van der Waals surface area contributed by atoms with Crippen molar-refractivity contribution >= 4 is 41.5 Å². The summed E-state index contributed by atoms with van der Waals surface area (Å²) < 4.78 is 0. The number of likely N-dealkylation sites (tertiary alicyclic amines) is 1. The van der Waals surface area contributed by atoms with E-state index in [1.54, 1.807) is 0 Å². The van der Waals surface area contributed by atoms with Crippen molar-refractivity contribution in [3.05, 3.63) is 29.8 Å². The van der Waals surface area contributed by atoms with Gasteiger partial charge in [-0.15, -0.1) is 24.0 Å². The van der Waals surface area contributed by atoms with Crippen LogP contribution in [0.3, 0.4) is 0 Å². The molecule has 2 aliphatic heterocycles. The number of guanidine groups is 1. The Bertz CT molecular complexity index is 705. The van der Waals surface area contributed by atoms with Gasteiger partial charge in [0.15, 0.2) is 5.96 Å². The molecule has 2 fully saturated rings. The van der Waals surface area contributed by atoms with E-state index in [0.29, 0.717) is 6.04 Å². The second-order valence-corrected chi connectivity index (χ2v) is 9.16. The number of anilines is 1. The number of hydrogen-bond donors (Lipinski definition) is 2. The molecular formula is C24H40IN5O. The minimum atomic E-state index is 0. The molecule has 0 aromatic heterocycles. The largest absolute Gasteiger partial charge is 0.372 e. The van der Waals surface area contributed by atoms with Crippen LogP contribution in [-0.2, 0) is 11.3 Å². The molecule has 3 rings (SSSR count). The van der Waals surface area contributed by atoms with Crippen LogP contribution in [0.1, 0.15) is 52.0 Å². The summed E-state index contributed by atoms with van der Waals surface area (Å²) in [6, 6.07) is 9.26. The summed E-state index contributed by atoms with van der Waals surface area (Å²) in [5.41, 5.74) is 2.58. The molecule has 1 aromatic carbocycles. The Morgan fingerprint density at radius 3 is 2.23 bits per heavy atom. The molecule has 2 heterocycles. The zero-order valence-electron chi connectivity index (χ0n) is 19.6. The number of benzene rings is 1. The number of aliphatic imine (C=N–C) groups is 1. The smallest absolute Gasteiger partial charge is 0.225 e. The van der Waals surface area contributed by atoms with Crippen LogP contribution < -0.4 is 15.5 Å². The van der Waals surface area contributed by atoms with E-state index in [2.05, 4.69) is 51.7 Å². The number of piperidine rings is 2. The third-order valence-electron chi connectivity index (χ3n) is 6.41. The van der Waals surface area contributed by atoms with Crippen molar-refractivity contribution in [2.45, 2.75) is 59.0 Å². The highest BCUT2D eigenvalue weighted by atomic mass is 127. The normalized spacial score (nSPS) is 18.7. The highest BCUT2D eigenvalue weighted by molar-refractivity contribution is 14.0. The van der Waals surface area contributed by atoms with Crippen molar-refractivity contribution in [2.75, 3.05) is 38.1 Å². The topological polar surface area (TPSA) is 60.0 Å². The van der Waals surface area contributed by atoms with Crippen LogP contribution >= 0.6 is 24.0 Å². The lowest BCUT2D eigenvalue weighted by Gasteiger charge is -2.34. The standard InChI is InChI=1S/C24H39N5O.HI/c1-18(2)23(30)29-15-11-21(12-16-29)27-24(25-4)26-17-20-5-7-22(8-6-20)28-13-9-19(3)10-14-28;/h5-8,18-19,21H,9-17H2,1-4H3,(H2,25,26,27);1H. The first-order chi connectivity index (χ1) is 14.5. The van der Waals surface area contributed by atoms with Gasteiger partial charge in [0.1, 0.15) is 0 Å². The van der Waals surface area contributed by atoms with Gasteiger partial charge in [-0.1, -0.05) is 32.9 Å². The molecule has 0 unspecified atom stereocenters. The number of rotatable bonds is 5. The quantitative estimate of drug-likeness (QED) is 0.338. The number of amides is 1. The molecule has 1 aromatic rings. The van der Waals surface area contributed by atoms with E-state index in [-0.39, 0.29) is 35.8 Å². The van der Waals surface area contributed by atoms with E-state index < -0.39 is 0 Å². The van der Waals surface area contributed by atoms with Crippen LogP contribution in [0.4, 0.5) is 5.69 Å². The number of carbonyl (C=O) groups is 1. The number of halogens is 1. The van der Waals surface area contributed by atoms with Crippen molar-refractivity contribution in [3.63, 3.8) is 0 Å². The van der Waals surface area contributed by atoms with Gasteiger partial charge in [0.05, 0.1) is 0 Å². The van der Waals surface area contributed by atoms with Crippen LogP contribution in [0.2, 0.25) is 0 Å². The summed E-state index contributed by atoms with van der Waals surface area (Å²) in [6.45, 7) is 11.0. The zero-order chi connectivity index (χ0) is 21.5. The maximum absolute atomic E-state index is 12.1. The van der Waals surface area contributed by atoms with Crippen molar-refractivity contribution < 1.29 is 4.79 Å². The van der Waals surface area contributed by atoms with Gasteiger partial charge in [-0.25, -0.2) is 0 Å². The second-order valence-electron chi connectivity index (χ2n) is 9.16. The fourth-order valence-corrected chi connectivity index (χ4v) is 4.27. The lowest BCUT2D eigenvalue weighted by molar-refractivity contribution is -0.135. The Morgan fingerprint density at radius 1 is 1.06 bits per heavy atom. The molecule has 2 aliphatic rings. The summed E-state index contributed by atoms with van der Waals surface area (Å²) >= 11 is 0. The van der Waals surface area contributed by atoms with Gasteiger partial charge in [0, 0.05) is 57.4 Å². The van der Waals surface area contributed by atoms with Gasteiger partial charge in [-0.3, -0.25) is 9.79 Å². The maximum Gasteiger partial charge on any atom is 0.225 e. The number of nitrogens with zero attached hydrogens (tertiary/aromatic N) is 3. The van der Waals surface area contributed by atoms with Crippen LogP contribution in [0, 0.1) is 11.8 Å². The summed E-state index contributed by atoms with van der Waals surface area (Å²) in [7, 11) is 1.81. The van der Waals surface area contributed by atoms with Gasteiger partial charge in [-0.2, -0.15) is 0 Å². The summed E-state index contributed by atoms with van der Waals surface area (Å²) in [5.74, 6) is 2.02. The molecule has 1 amide bonds.